The minimum absolute atomic E-state index is 0.519. The number of nitrogen functional groups attached to an aromatic ring is 1. The molecule has 1 heterocycles. The Balaban J connectivity index is 2.24. The molecule has 0 aliphatic rings. The summed E-state index contributed by atoms with van der Waals surface area (Å²) < 4.78 is 10.4. The molecule has 0 atom stereocenters. The molecule has 0 saturated carbocycles. The molecule has 0 aliphatic heterocycles. The van der Waals surface area contributed by atoms with Gasteiger partial charge in [0.05, 0.1) is 0 Å². The molecule has 0 bridgehead atoms. The number of aryl methyl sites for hydroxylation is 1. The number of hydrogen-bond acceptors (Lipinski definition) is 5. The maximum Gasteiger partial charge on any atom is 0.298 e. The predicted molar refractivity (Wildman–Crippen MR) is 63.3 cm³/mol. The van der Waals surface area contributed by atoms with Gasteiger partial charge in [0, 0.05) is 27.8 Å². The van der Waals surface area contributed by atoms with E-state index in [1.165, 1.54) is 11.5 Å². The molecule has 2 rings (SSSR count). The monoisotopic (exact) mass is 285 g/mol. The van der Waals surface area contributed by atoms with E-state index in [0.29, 0.717) is 22.5 Å². The van der Waals surface area contributed by atoms with Crippen LogP contribution in [0.1, 0.15) is 5.82 Å². The van der Waals surface area contributed by atoms with Crippen LogP contribution in [0.2, 0.25) is 0 Å². The van der Waals surface area contributed by atoms with Gasteiger partial charge in [-0.3, -0.25) is 0 Å². The molecule has 0 radical (unpaired) electrons. The largest absolute Gasteiger partial charge is 0.430 e. The number of nitrogens with two attached hydrogens (primary N) is 1. The molecule has 1 aromatic heterocycles. The van der Waals surface area contributed by atoms with Gasteiger partial charge in [-0.15, -0.1) is 0 Å². The van der Waals surface area contributed by atoms with Crippen molar-refractivity contribution in [3.05, 3.63) is 28.5 Å². The Kier molecular flexibility index (Phi) is 2.88. The molecule has 78 valence electrons. The van der Waals surface area contributed by atoms with E-state index in [1.54, 1.807) is 12.1 Å². The van der Waals surface area contributed by atoms with Gasteiger partial charge < -0.3 is 10.5 Å². The zero-order valence-electron chi connectivity index (χ0n) is 7.90. The van der Waals surface area contributed by atoms with E-state index < -0.39 is 0 Å². The summed E-state index contributed by atoms with van der Waals surface area (Å²) in [5.74, 6) is 1.36. The van der Waals surface area contributed by atoms with Crippen LogP contribution in [0.25, 0.3) is 0 Å². The lowest BCUT2D eigenvalue weighted by Gasteiger charge is -2.02. The highest BCUT2D eigenvalue weighted by Crippen LogP contribution is 2.28. The van der Waals surface area contributed by atoms with Crippen molar-refractivity contribution in [3.8, 4) is 10.9 Å². The molecule has 4 nitrogen and oxygen atoms in total. The lowest BCUT2D eigenvalue weighted by molar-refractivity contribution is 0.478. The third-order valence-electron chi connectivity index (χ3n) is 1.61. The van der Waals surface area contributed by atoms with E-state index in [0.717, 1.165) is 4.47 Å². The topological polar surface area (TPSA) is 61.0 Å². The van der Waals surface area contributed by atoms with Crippen molar-refractivity contribution in [2.45, 2.75) is 6.92 Å². The Morgan fingerprint density at radius 2 is 2.20 bits per heavy atom. The van der Waals surface area contributed by atoms with Crippen LogP contribution < -0.4 is 10.5 Å². The van der Waals surface area contributed by atoms with Crippen molar-refractivity contribution in [1.82, 2.24) is 9.36 Å². The number of halogens is 1. The van der Waals surface area contributed by atoms with E-state index >= 15 is 0 Å². The first-order valence-corrected chi connectivity index (χ1v) is 5.74. The van der Waals surface area contributed by atoms with E-state index in [-0.39, 0.29) is 0 Å². The number of ether oxygens (including phenoxy) is 1. The zero-order chi connectivity index (χ0) is 10.8. The number of anilines is 1. The molecule has 15 heavy (non-hydrogen) atoms. The first-order valence-electron chi connectivity index (χ1n) is 4.18. The van der Waals surface area contributed by atoms with Crippen LogP contribution in [0.4, 0.5) is 5.69 Å². The summed E-state index contributed by atoms with van der Waals surface area (Å²) in [5, 5.41) is 0.519. The smallest absolute Gasteiger partial charge is 0.298 e. The molecule has 0 spiro atoms. The molecule has 0 amide bonds. The van der Waals surface area contributed by atoms with Gasteiger partial charge in [-0.2, -0.15) is 9.36 Å². The quantitative estimate of drug-likeness (QED) is 0.862. The average molecular weight is 286 g/mol. The molecule has 2 aromatic rings. The fourth-order valence-electron chi connectivity index (χ4n) is 1.06. The number of nitrogens with zero attached hydrogens (tertiary/aromatic N) is 2. The molecule has 0 saturated heterocycles. The van der Waals surface area contributed by atoms with Crippen LogP contribution in [0, 0.1) is 6.92 Å². The van der Waals surface area contributed by atoms with E-state index in [1.807, 2.05) is 13.0 Å². The number of benzene rings is 1. The Labute approximate surface area is 99.4 Å². The summed E-state index contributed by atoms with van der Waals surface area (Å²) in [7, 11) is 0. The fraction of sp³-hybridized carbons (Fsp3) is 0.111. The minimum atomic E-state index is 0.519. The van der Waals surface area contributed by atoms with Gasteiger partial charge in [0.2, 0.25) is 0 Å². The second-order valence-corrected chi connectivity index (χ2v) is 4.56. The van der Waals surface area contributed by atoms with Gasteiger partial charge in [0.25, 0.3) is 5.19 Å². The Morgan fingerprint density at radius 3 is 2.80 bits per heavy atom. The van der Waals surface area contributed by atoms with Crippen LogP contribution in [-0.2, 0) is 0 Å². The maximum atomic E-state index is 5.68. The average Bonchev–Trinajstić information content (AvgIpc) is 2.49. The van der Waals surface area contributed by atoms with Gasteiger partial charge in [0.1, 0.15) is 11.6 Å². The van der Waals surface area contributed by atoms with Gasteiger partial charge in [-0.05, 0) is 19.1 Å². The SMILES string of the molecule is Cc1nsc(Oc2cc(N)cc(Br)c2)n1. The molecular formula is C9H8BrN3OS. The maximum absolute atomic E-state index is 5.68. The molecule has 2 N–H and O–H groups in total. The van der Waals surface area contributed by atoms with Gasteiger partial charge >= 0.3 is 0 Å². The molecule has 6 heteroatoms. The highest BCUT2D eigenvalue weighted by molar-refractivity contribution is 9.10. The Morgan fingerprint density at radius 1 is 1.40 bits per heavy atom. The summed E-state index contributed by atoms with van der Waals surface area (Å²) in [5.41, 5.74) is 6.32. The highest BCUT2D eigenvalue weighted by atomic mass is 79.9. The third-order valence-corrected chi connectivity index (χ3v) is 2.75. The summed E-state index contributed by atoms with van der Waals surface area (Å²) in [4.78, 5) is 4.09. The number of aromatic nitrogens is 2. The fourth-order valence-corrected chi connectivity index (χ4v) is 2.11. The Bertz CT molecular complexity index is 466. The van der Waals surface area contributed by atoms with Crippen molar-refractivity contribution < 1.29 is 4.74 Å². The number of rotatable bonds is 2. The molecule has 0 fully saturated rings. The van der Waals surface area contributed by atoms with Crippen molar-refractivity contribution in [2.75, 3.05) is 5.73 Å². The van der Waals surface area contributed by atoms with E-state index in [2.05, 4.69) is 25.3 Å². The molecule has 1 aromatic carbocycles. The van der Waals surface area contributed by atoms with Gasteiger partial charge in [0.15, 0.2) is 0 Å². The number of hydrogen-bond donors (Lipinski definition) is 1. The molecule has 0 aliphatic carbocycles. The second kappa shape index (κ2) is 4.16. The third kappa shape index (κ3) is 2.66. The summed E-state index contributed by atoms with van der Waals surface area (Å²) in [6.07, 6.45) is 0. The van der Waals surface area contributed by atoms with Crippen molar-refractivity contribution in [1.29, 1.82) is 0 Å². The first-order chi connectivity index (χ1) is 7.13. The van der Waals surface area contributed by atoms with Gasteiger partial charge in [-0.1, -0.05) is 15.9 Å². The van der Waals surface area contributed by atoms with Crippen LogP contribution in [0.5, 0.6) is 10.9 Å². The van der Waals surface area contributed by atoms with Crippen LogP contribution in [0.15, 0.2) is 22.7 Å². The normalized spacial score (nSPS) is 10.3. The second-order valence-electron chi connectivity index (χ2n) is 2.93. The standard InChI is InChI=1S/C9H8BrN3OS/c1-5-12-9(15-13-5)14-8-3-6(10)2-7(11)4-8/h2-4H,11H2,1H3. The van der Waals surface area contributed by atoms with E-state index in [4.69, 9.17) is 10.5 Å². The van der Waals surface area contributed by atoms with Crippen molar-refractivity contribution in [2.24, 2.45) is 0 Å². The van der Waals surface area contributed by atoms with E-state index in [9.17, 15) is 0 Å². The van der Waals surface area contributed by atoms with Gasteiger partial charge in [-0.25, -0.2) is 0 Å². The van der Waals surface area contributed by atoms with Crippen LogP contribution in [0.3, 0.4) is 0 Å². The Hall–Kier alpha value is -1.14. The van der Waals surface area contributed by atoms with Crippen LogP contribution in [-0.4, -0.2) is 9.36 Å². The molecule has 0 unspecified atom stereocenters. The zero-order valence-corrected chi connectivity index (χ0v) is 10.3. The van der Waals surface area contributed by atoms with Crippen molar-refractivity contribution in [3.63, 3.8) is 0 Å². The summed E-state index contributed by atoms with van der Waals surface area (Å²) in [6.45, 7) is 1.82. The lowest BCUT2D eigenvalue weighted by Crippen LogP contribution is -1.88. The van der Waals surface area contributed by atoms with Crippen molar-refractivity contribution >= 4 is 33.1 Å². The predicted octanol–water partition coefficient (Wildman–Crippen LogP) is 2.98. The highest BCUT2D eigenvalue weighted by Gasteiger charge is 2.04. The van der Waals surface area contributed by atoms with Crippen LogP contribution >= 0.6 is 27.5 Å². The summed E-state index contributed by atoms with van der Waals surface area (Å²) >= 11 is 4.56. The first kappa shape index (κ1) is 10.4. The molecular weight excluding hydrogens is 278 g/mol. The summed E-state index contributed by atoms with van der Waals surface area (Å²) in [6, 6.07) is 5.37. The lowest BCUT2D eigenvalue weighted by atomic mass is 10.3. The minimum Gasteiger partial charge on any atom is -0.430 e.